The number of carbonyl (C=O) groups excluding carboxylic acids is 4. The SMILES string of the molecule is CCCCCCCCCCCCCC(=O)N(C)[C@H]1C[C@@H](C)O[C@@H](O[C@@H]2[C@@H](C)[C@H](O[C@H]3C[C@@](C)(OC)[C@@H](O)[C@H](C)O3)[C@@H](C)C(=O)O[C@H](CC)[C@@](C)(O)[C@H](O)[C@@H](C)N(C)C[C@H](C)C[C@@]2(C)O)[C@@H]1O.CC[C@H]1OC(=O)[C@H](C)[C@@H](ONC(C)=O)[C@H](C)[C@@H](O[C@@H]2OC(C)CC(N(C)C)C2O)[C@](C)(O)C[C@@H](C)CN(C)[C@H](C)[C@@H](O)[C@]1(C)O. The van der Waals surface area contributed by atoms with Gasteiger partial charge >= 0.3 is 11.9 Å². The number of aliphatic hydroxyl groups excluding tert-OH is 5. The fourth-order valence-corrected chi connectivity index (χ4v) is 18.0. The minimum absolute atomic E-state index is 0.0607. The molecule has 2 amide bonds. The Morgan fingerprint density at radius 3 is 1.35 bits per heavy atom. The standard InChI is InChI=1S/C51H96N2O13.C32H61N3O10/c1-15-17-18-19-20-21-22-23-24-25-26-27-40(54)53(13)38-28-33(4)62-48(42(38)55)66-46-34(5)43(65-41-30-50(10,61-14)45(57)37(8)63-41)35(6)47(58)64-39(16-2)51(11,60)44(56)36(7)52(12)31-32(3)29-49(46,9)59;1-13-24-32(9,41)27(38)21(6)35(12)16-17(2)15-31(8,40)28(44-30-25(37)23(34(10)11)14-18(3)42-30)19(4)26(45-33-22(7)36)20(5)29(39)43-24/h32-39,41-46,48,55-57,59-60H,15-31H2,1-14H3;17-21,23-28,30,37-38,40-41H,13-16H2,1-12H3,(H,33,36)/t32-,33-,34+,35-,36-,37+,38+,39-,41+,42-,43+,44-,45+,46-,48+,49-,50-,51-;17-,18?,19+,20-,21-,23?,24-,25?,26+,27-,28-,30+,31-,32-/m11/s1. The van der Waals surface area contributed by atoms with Crippen LogP contribution in [0, 0.1) is 35.5 Å². The van der Waals surface area contributed by atoms with Crippen molar-refractivity contribution in [2.45, 2.75) is 417 Å². The fourth-order valence-electron chi connectivity index (χ4n) is 18.0. The molecule has 0 saturated carbocycles. The van der Waals surface area contributed by atoms with E-state index in [0.29, 0.717) is 32.4 Å². The highest BCUT2D eigenvalue weighted by Gasteiger charge is 2.55. The van der Waals surface area contributed by atoms with Gasteiger partial charge in [0.05, 0.1) is 71.3 Å². The molecule has 111 heavy (non-hydrogen) atoms. The van der Waals surface area contributed by atoms with E-state index in [-0.39, 0.29) is 62.0 Å². The predicted molar refractivity (Wildman–Crippen MR) is 422 cm³/mol. The van der Waals surface area contributed by atoms with Crippen LogP contribution in [0.5, 0.6) is 0 Å². The lowest BCUT2D eigenvalue weighted by atomic mass is 9.77. The molecule has 5 saturated heterocycles. The molecule has 3 unspecified atom stereocenters. The van der Waals surface area contributed by atoms with E-state index < -0.39 is 186 Å². The van der Waals surface area contributed by atoms with Gasteiger partial charge in [0.25, 0.3) is 0 Å². The van der Waals surface area contributed by atoms with Gasteiger partial charge < -0.3 is 108 Å². The van der Waals surface area contributed by atoms with E-state index >= 15 is 0 Å². The van der Waals surface area contributed by atoms with E-state index in [9.17, 15) is 65.1 Å². The number of hydrogen-bond donors (Lipinski definition) is 10. The van der Waals surface area contributed by atoms with Crippen LogP contribution in [0.3, 0.4) is 0 Å². The minimum atomic E-state index is -1.83. The van der Waals surface area contributed by atoms with Crippen molar-refractivity contribution in [1.82, 2.24) is 25.1 Å². The van der Waals surface area contributed by atoms with Crippen molar-refractivity contribution >= 4 is 23.8 Å². The third kappa shape index (κ3) is 27.6. The number of methoxy groups -OCH3 is 1. The molecule has 10 N–H and O–H groups in total. The number of ether oxygens (including phenoxy) is 9. The molecule has 0 spiro atoms. The summed E-state index contributed by atoms with van der Waals surface area (Å²) in [4.78, 5) is 66.9. The van der Waals surface area contributed by atoms with Gasteiger partial charge in [-0.3, -0.25) is 24.0 Å². The number of likely N-dealkylation sites (N-methyl/N-ethyl adjacent to an activating group) is 4. The van der Waals surface area contributed by atoms with E-state index in [4.69, 9.17) is 47.5 Å². The molecular formula is C83H157N5O23. The smallest absolute Gasteiger partial charge is 0.311 e. The van der Waals surface area contributed by atoms with Gasteiger partial charge in [0.15, 0.2) is 18.9 Å². The Morgan fingerprint density at radius 1 is 0.550 bits per heavy atom. The average molecular weight is 1590 g/mol. The van der Waals surface area contributed by atoms with Gasteiger partial charge in [-0.1, -0.05) is 113 Å². The van der Waals surface area contributed by atoms with E-state index in [0.717, 1.165) is 19.3 Å². The zero-order chi connectivity index (χ0) is 84.3. The molecule has 28 nitrogen and oxygen atoms in total. The largest absolute Gasteiger partial charge is 0.459 e. The fraction of sp³-hybridized carbons (Fsp3) is 0.952. The van der Waals surface area contributed by atoms with Crippen LogP contribution in [0.15, 0.2) is 0 Å². The molecule has 0 aromatic carbocycles. The predicted octanol–water partition coefficient (Wildman–Crippen LogP) is 7.55. The Labute approximate surface area is 666 Å². The second kappa shape index (κ2) is 44.8. The third-order valence-electron chi connectivity index (χ3n) is 25.2. The summed E-state index contributed by atoms with van der Waals surface area (Å²) in [6.45, 7) is 35.6. The van der Waals surface area contributed by atoms with Crippen LogP contribution >= 0.6 is 0 Å². The second-order valence-electron chi connectivity index (χ2n) is 35.9. The van der Waals surface area contributed by atoms with Crippen LogP contribution in [-0.4, -0.2) is 301 Å². The van der Waals surface area contributed by atoms with Crippen LogP contribution in [0.25, 0.3) is 0 Å². The van der Waals surface area contributed by atoms with Crippen molar-refractivity contribution in [3.05, 3.63) is 0 Å². The van der Waals surface area contributed by atoms with Crippen molar-refractivity contribution in [3.63, 3.8) is 0 Å². The van der Waals surface area contributed by atoms with Crippen molar-refractivity contribution in [2.24, 2.45) is 35.5 Å². The summed E-state index contributed by atoms with van der Waals surface area (Å²) < 4.78 is 56.5. The van der Waals surface area contributed by atoms with Crippen LogP contribution in [0.2, 0.25) is 0 Å². The van der Waals surface area contributed by atoms with Gasteiger partial charge in [0, 0.05) is 77.0 Å². The molecule has 0 radical (unpaired) electrons. The Balaban J connectivity index is 0.000000503. The normalized spacial score (nSPS) is 42.9. The summed E-state index contributed by atoms with van der Waals surface area (Å²) in [5.41, 5.74) is -5.53. The topological polar surface area (TPSA) is 368 Å². The quantitative estimate of drug-likeness (QED) is 0.0239. The van der Waals surface area contributed by atoms with Gasteiger partial charge in [0.2, 0.25) is 11.8 Å². The lowest BCUT2D eigenvalue weighted by molar-refractivity contribution is -0.317. The van der Waals surface area contributed by atoms with E-state index in [1.165, 1.54) is 79.2 Å². The number of esters is 2. The van der Waals surface area contributed by atoms with Crippen LogP contribution in [0.4, 0.5) is 0 Å². The molecule has 28 heteroatoms. The number of rotatable bonds is 25. The molecule has 652 valence electrons. The molecule has 0 aliphatic carbocycles. The van der Waals surface area contributed by atoms with Gasteiger partial charge in [0.1, 0.15) is 60.0 Å². The number of cyclic esters (lactones) is 2. The van der Waals surface area contributed by atoms with E-state index in [1.807, 2.05) is 70.6 Å². The highest BCUT2D eigenvalue weighted by atomic mass is 16.7. The molecule has 0 aromatic heterocycles. The average Bonchev–Trinajstić information content (AvgIpc) is 1.71. The number of unbranched alkanes of at least 4 members (excludes halogenated alkanes) is 10. The molecule has 5 aliphatic rings. The van der Waals surface area contributed by atoms with Gasteiger partial charge in [-0.15, -0.1) is 0 Å². The van der Waals surface area contributed by atoms with Crippen LogP contribution in [0.1, 0.15) is 260 Å². The molecule has 5 aliphatic heterocycles. The number of hydrogen-bond acceptors (Lipinski definition) is 26. The molecule has 32 atom stereocenters. The maximum Gasteiger partial charge on any atom is 0.311 e. The first-order chi connectivity index (χ1) is 51.5. The number of amides is 2. The van der Waals surface area contributed by atoms with E-state index in [2.05, 4.69) is 12.4 Å². The first kappa shape index (κ1) is 100. The highest BCUT2D eigenvalue weighted by molar-refractivity contribution is 5.76. The molecule has 5 rings (SSSR count). The summed E-state index contributed by atoms with van der Waals surface area (Å²) in [5, 5.41) is 106. The third-order valence-corrected chi connectivity index (χ3v) is 25.2. The highest BCUT2D eigenvalue weighted by Crippen LogP contribution is 2.43. The van der Waals surface area contributed by atoms with Crippen LogP contribution in [-0.2, 0) is 66.6 Å². The van der Waals surface area contributed by atoms with Crippen molar-refractivity contribution < 1.29 is 113 Å². The molecule has 5 fully saturated rings. The Morgan fingerprint density at radius 2 is 0.946 bits per heavy atom. The summed E-state index contributed by atoms with van der Waals surface area (Å²) in [7, 11) is 10.6. The Kier molecular flexibility index (Phi) is 40.5. The Hall–Kier alpha value is -2.92. The maximum absolute atomic E-state index is 14.4. The summed E-state index contributed by atoms with van der Waals surface area (Å²) in [6.07, 6.45) is -1.83. The first-order valence-corrected chi connectivity index (χ1v) is 41.9. The molecular weight excluding hydrogens is 1430 g/mol. The summed E-state index contributed by atoms with van der Waals surface area (Å²) >= 11 is 0. The summed E-state index contributed by atoms with van der Waals surface area (Å²) in [6, 6.07) is -1.99. The van der Waals surface area contributed by atoms with Crippen LogP contribution < -0.4 is 5.48 Å². The van der Waals surface area contributed by atoms with Gasteiger partial charge in [-0.25, -0.2) is 5.48 Å². The zero-order valence-electron chi connectivity index (χ0n) is 73.0. The number of nitrogens with zero attached hydrogens (tertiary/aromatic N) is 4. The maximum atomic E-state index is 14.4. The zero-order valence-corrected chi connectivity index (χ0v) is 73.0. The second-order valence-corrected chi connectivity index (χ2v) is 35.9. The number of nitrogens with one attached hydrogen (secondary N) is 1. The van der Waals surface area contributed by atoms with Crippen molar-refractivity contribution in [2.75, 3.05) is 55.4 Å². The molecule has 5 heterocycles. The minimum Gasteiger partial charge on any atom is -0.459 e. The van der Waals surface area contributed by atoms with Gasteiger partial charge in [-0.05, 0) is 168 Å². The monoisotopic (exact) mass is 1590 g/mol. The number of hydroxylamine groups is 1. The first-order valence-electron chi connectivity index (χ1n) is 41.9. The molecule has 0 aromatic rings. The lowest BCUT2D eigenvalue weighted by Crippen LogP contribution is -2.61. The summed E-state index contributed by atoms with van der Waals surface area (Å²) in [5.74, 6) is -6.01. The number of carbonyl (C=O) groups is 4. The Bertz CT molecular complexity index is 2750. The van der Waals surface area contributed by atoms with E-state index in [1.54, 1.807) is 95.0 Å². The number of aliphatic hydroxyl groups is 9. The van der Waals surface area contributed by atoms with Gasteiger partial charge in [-0.2, -0.15) is 0 Å². The van der Waals surface area contributed by atoms with Crippen molar-refractivity contribution in [3.8, 4) is 0 Å². The van der Waals surface area contributed by atoms with Crippen molar-refractivity contribution in [1.29, 1.82) is 0 Å². The lowest BCUT2D eigenvalue weighted by Gasteiger charge is -2.49. The molecule has 0 bridgehead atoms.